The van der Waals surface area contributed by atoms with E-state index < -0.39 is 5.97 Å². The fraction of sp³-hybridized carbons (Fsp3) is 0.462. The number of benzene rings is 1. The van der Waals surface area contributed by atoms with Crippen LogP contribution in [0.2, 0.25) is 0 Å². The summed E-state index contributed by atoms with van der Waals surface area (Å²) in [7, 11) is 1.66. The van der Waals surface area contributed by atoms with Gasteiger partial charge in [-0.15, -0.1) is 0 Å². The van der Waals surface area contributed by atoms with Crippen molar-refractivity contribution in [2.45, 2.75) is 24.9 Å². The van der Waals surface area contributed by atoms with Gasteiger partial charge in [0.2, 0.25) is 0 Å². The molecule has 1 aliphatic carbocycles. The summed E-state index contributed by atoms with van der Waals surface area (Å²) < 4.78 is 5.21. The van der Waals surface area contributed by atoms with Crippen LogP contribution in [-0.2, 0) is 11.2 Å². The summed E-state index contributed by atoms with van der Waals surface area (Å²) >= 11 is 0. The maximum atomic E-state index is 11.0. The normalized spacial score (nSPS) is 29.8. The Bertz CT molecular complexity index is 472. The molecule has 3 rings (SSSR count). The van der Waals surface area contributed by atoms with Gasteiger partial charge in [-0.2, -0.15) is 0 Å². The van der Waals surface area contributed by atoms with Crippen molar-refractivity contribution < 1.29 is 14.6 Å². The molecule has 1 fully saturated rings. The van der Waals surface area contributed by atoms with E-state index >= 15 is 0 Å². The van der Waals surface area contributed by atoms with Crippen molar-refractivity contribution >= 4 is 5.97 Å². The lowest BCUT2D eigenvalue weighted by atomic mass is 10.0. The highest BCUT2D eigenvalue weighted by atomic mass is 16.5. The van der Waals surface area contributed by atoms with Crippen molar-refractivity contribution in [2.75, 3.05) is 7.11 Å². The molecule has 0 spiro atoms. The third kappa shape index (κ3) is 1.60. The Morgan fingerprint density at radius 2 is 2.35 bits per heavy atom. The topological polar surface area (TPSA) is 58.6 Å². The van der Waals surface area contributed by atoms with Crippen LogP contribution in [0, 0.1) is 5.92 Å². The van der Waals surface area contributed by atoms with Crippen molar-refractivity contribution in [3.8, 4) is 5.75 Å². The Hall–Kier alpha value is -1.55. The minimum absolute atomic E-state index is 0.206. The molecule has 0 unspecified atom stereocenters. The molecule has 1 heterocycles. The van der Waals surface area contributed by atoms with E-state index in [4.69, 9.17) is 9.84 Å². The lowest BCUT2D eigenvalue weighted by Gasteiger charge is -2.12. The molecule has 2 aliphatic rings. The van der Waals surface area contributed by atoms with E-state index in [1.165, 1.54) is 11.1 Å². The monoisotopic (exact) mass is 233 g/mol. The van der Waals surface area contributed by atoms with Gasteiger partial charge in [0.05, 0.1) is 7.11 Å². The number of carbonyl (C=O) groups is 1. The Balaban J connectivity index is 1.88. The number of ether oxygens (including phenoxy) is 1. The molecule has 4 nitrogen and oxygen atoms in total. The molecular weight excluding hydrogens is 218 g/mol. The van der Waals surface area contributed by atoms with E-state index in [1.54, 1.807) is 7.11 Å². The zero-order valence-electron chi connectivity index (χ0n) is 9.64. The van der Waals surface area contributed by atoms with Crippen LogP contribution in [0.15, 0.2) is 18.2 Å². The van der Waals surface area contributed by atoms with Crippen molar-refractivity contribution in [1.29, 1.82) is 0 Å². The lowest BCUT2D eigenvalue weighted by Crippen LogP contribution is -2.31. The number of fused-ring (bicyclic) bond motifs is 3. The largest absolute Gasteiger partial charge is 0.497 e. The van der Waals surface area contributed by atoms with E-state index in [9.17, 15) is 4.79 Å². The number of carboxylic acids is 1. The maximum absolute atomic E-state index is 11.0. The van der Waals surface area contributed by atoms with Gasteiger partial charge >= 0.3 is 5.97 Å². The van der Waals surface area contributed by atoms with Crippen LogP contribution in [0.1, 0.15) is 23.6 Å². The molecule has 1 aromatic carbocycles. The standard InChI is InChI=1S/C13H15NO3/c1-17-9-2-3-10-7(5-9)4-8-6-11(13(15)16)14-12(8)10/h2-3,5,8,11-12,14H,4,6H2,1H3,(H,15,16)/t8-,11+,12+/m1/s1. The molecule has 4 heteroatoms. The third-order valence-electron chi connectivity index (χ3n) is 3.86. The molecule has 0 radical (unpaired) electrons. The molecule has 2 N–H and O–H groups in total. The van der Waals surface area contributed by atoms with E-state index in [-0.39, 0.29) is 12.1 Å². The number of hydrogen-bond donors (Lipinski definition) is 2. The number of aliphatic carboxylic acids is 1. The average molecular weight is 233 g/mol. The highest BCUT2D eigenvalue weighted by Gasteiger charge is 2.42. The molecule has 0 aromatic heterocycles. The van der Waals surface area contributed by atoms with Crippen LogP contribution in [0.5, 0.6) is 5.75 Å². The summed E-state index contributed by atoms with van der Waals surface area (Å²) in [6, 6.07) is 5.87. The van der Waals surface area contributed by atoms with E-state index in [1.807, 2.05) is 6.07 Å². The number of rotatable bonds is 2. The van der Waals surface area contributed by atoms with E-state index in [2.05, 4.69) is 17.4 Å². The molecule has 90 valence electrons. The number of nitrogens with one attached hydrogen (secondary N) is 1. The number of carboxylic acid groups (broad SMARTS) is 1. The molecule has 0 bridgehead atoms. The fourth-order valence-electron chi connectivity index (χ4n) is 3.05. The summed E-state index contributed by atoms with van der Waals surface area (Å²) in [5, 5.41) is 12.2. The second-order valence-electron chi connectivity index (χ2n) is 4.80. The first-order chi connectivity index (χ1) is 8.19. The first-order valence-electron chi connectivity index (χ1n) is 5.84. The fourth-order valence-corrected chi connectivity index (χ4v) is 3.05. The van der Waals surface area contributed by atoms with Crippen molar-refractivity contribution in [1.82, 2.24) is 5.32 Å². The highest BCUT2D eigenvalue weighted by molar-refractivity contribution is 5.74. The molecule has 1 aliphatic heterocycles. The maximum Gasteiger partial charge on any atom is 0.320 e. The summed E-state index contributed by atoms with van der Waals surface area (Å²) in [5.41, 5.74) is 2.52. The van der Waals surface area contributed by atoms with Gasteiger partial charge in [-0.1, -0.05) is 6.07 Å². The van der Waals surface area contributed by atoms with Crippen LogP contribution in [0.25, 0.3) is 0 Å². The molecule has 0 saturated carbocycles. The summed E-state index contributed by atoms with van der Waals surface area (Å²) in [5.74, 6) is 0.547. The number of methoxy groups -OCH3 is 1. The van der Waals surface area contributed by atoms with Gasteiger partial charge in [-0.25, -0.2) is 0 Å². The predicted molar refractivity (Wildman–Crippen MR) is 62.1 cm³/mol. The number of hydrogen-bond acceptors (Lipinski definition) is 3. The van der Waals surface area contributed by atoms with Gasteiger partial charge in [0.15, 0.2) is 0 Å². The summed E-state index contributed by atoms with van der Waals surface area (Å²) in [6.07, 6.45) is 1.67. The SMILES string of the molecule is COc1ccc2c(c1)C[C@@H]1C[C@@H](C(=O)O)N[C@H]21. The molecule has 0 amide bonds. The average Bonchev–Trinajstić information content (AvgIpc) is 2.84. The van der Waals surface area contributed by atoms with Crippen LogP contribution < -0.4 is 10.1 Å². The van der Waals surface area contributed by atoms with E-state index in [0.29, 0.717) is 5.92 Å². The Morgan fingerprint density at radius 1 is 1.53 bits per heavy atom. The second-order valence-corrected chi connectivity index (χ2v) is 4.80. The molecule has 17 heavy (non-hydrogen) atoms. The first kappa shape index (κ1) is 10.6. The Kier molecular flexibility index (Phi) is 2.33. The van der Waals surface area contributed by atoms with Gasteiger partial charge in [0.25, 0.3) is 0 Å². The minimum atomic E-state index is -0.741. The lowest BCUT2D eigenvalue weighted by molar-refractivity contribution is -0.139. The van der Waals surface area contributed by atoms with Gasteiger partial charge in [-0.05, 0) is 42.0 Å². The zero-order valence-corrected chi connectivity index (χ0v) is 9.64. The smallest absolute Gasteiger partial charge is 0.320 e. The zero-order chi connectivity index (χ0) is 12.0. The van der Waals surface area contributed by atoms with Crippen molar-refractivity contribution in [3.63, 3.8) is 0 Å². The van der Waals surface area contributed by atoms with Crippen LogP contribution in [-0.4, -0.2) is 24.2 Å². The second kappa shape index (κ2) is 3.74. The van der Waals surface area contributed by atoms with Crippen LogP contribution in [0.3, 0.4) is 0 Å². The Morgan fingerprint density at radius 3 is 3.06 bits per heavy atom. The summed E-state index contributed by atoms with van der Waals surface area (Å²) in [6.45, 7) is 0. The Labute approximate surface area is 99.6 Å². The first-order valence-corrected chi connectivity index (χ1v) is 5.84. The molecule has 1 aromatic rings. The molecule has 1 saturated heterocycles. The van der Waals surface area contributed by atoms with Crippen LogP contribution >= 0.6 is 0 Å². The van der Waals surface area contributed by atoms with Gasteiger partial charge < -0.3 is 9.84 Å². The predicted octanol–water partition coefficient (Wildman–Crippen LogP) is 1.36. The van der Waals surface area contributed by atoms with Gasteiger partial charge in [0, 0.05) is 6.04 Å². The minimum Gasteiger partial charge on any atom is -0.497 e. The molecule has 3 atom stereocenters. The molecular formula is C13H15NO3. The highest BCUT2D eigenvalue weighted by Crippen LogP contribution is 2.43. The quantitative estimate of drug-likeness (QED) is 0.809. The van der Waals surface area contributed by atoms with Gasteiger partial charge in [0.1, 0.15) is 11.8 Å². The van der Waals surface area contributed by atoms with Gasteiger partial charge in [-0.3, -0.25) is 10.1 Å². The van der Waals surface area contributed by atoms with Crippen LogP contribution in [0.4, 0.5) is 0 Å². The van der Waals surface area contributed by atoms with E-state index in [0.717, 1.165) is 18.6 Å². The third-order valence-corrected chi connectivity index (χ3v) is 3.86. The van der Waals surface area contributed by atoms with Crippen molar-refractivity contribution in [3.05, 3.63) is 29.3 Å². The summed E-state index contributed by atoms with van der Waals surface area (Å²) in [4.78, 5) is 11.0. The van der Waals surface area contributed by atoms with Crippen molar-refractivity contribution in [2.24, 2.45) is 5.92 Å².